The van der Waals surface area contributed by atoms with E-state index in [1.54, 1.807) is 25.1 Å². The molecule has 0 radical (unpaired) electrons. The minimum absolute atomic E-state index is 0.0143. The second kappa shape index (κ2) is 6.20. The van der Waals surface area contributed by atoms with Crippen molar-refractivity contribution < 1.29 is 22.2 Å². The number of hydrogen-bond donors (Lipinski definition) is 1. The Hall–Kier alpha value is -1.70. The predicted molar refractivity (Wildman–Crippen MR) is 80.3 cm³/mol. The van der Waals surface area contributed by atoms with E-state index in [4.69, 9.17) is 9.02 Å². The van der Waals surface area contributed by atoms with E-state index in [0.717, 1.165) is 5.56 Å². The smallest absolute Gasteiger partial charge is 0.329 e. The summed E-state index contributed by atoms with van der Waals surface area (Å²) in [6.45, 7) is 7.36. The Bertz CT molecular complexity index is 668. The van der Waals surface area contributed by atoms with Crippen molar-refractivity contribution in [3.05, 3.63) is 42.5 Å². The third-order valence-corrected chi connectivity index (χ3v) is 4.73. The average molecular weight is 325 g/mol. The van der Waals surface area contributed by atoms with Crippen LogP contribution in [0.5, 0.6) is 0 Å². The van der Waals surface area contributed by atoms with Crippen LogP contribution in [-0.4, -0.2) is 26.5 Å². The number of aryl methyl sites for hydroxylation is 1. The van der Waals surface area contributed by atoms with E-state index in [9.17, 15) is 13.2 Å². The van der Waals surface area contributed by atoms with Gasteiger partial charge >= 0.3 is 16.1 Å². The third-order valence-electron chi connectivity index (χ3n) is 3.58. The van der Waals surface area contributed by atoms with Crippen LogP contribution in [0.4, 0.5) is 0 Å². The lowest BCUT2D eigenvalue weighted by Crippen LogP contribution is -2.43. The minimum atomic E-state index is -4.00. The molecule has 0 spiro atoms. The molecule has 1 fully saturated rings. The van der Waals surface area contributed by atoms with Crippen LogP contribution in [0.25, 0.3) is 0 Å². The normalized spacial score (nSPS) is 23.8. The molecule has 2 rings (SSSR count). The van der Waals surface area contributed by atoms with Gasteiger partial charge in [0.2, 0.25) is 0 Å². The Morgan fingerprint density at radius 2 is 2.09 bits per heavy atom. The van der Waals surface area contributed by atoms with E-state index in [-0.39, 0.29) is 17.4 Å². The summed E-state index contributed by atoms with van der Waals surface area (Å²) in [6.07, 6.45) is 1.96. The van der Waals surface area contributed by atoms with Crippen molar-refractivity contribution >= 4 is 16.1 Å². The minimum Gasteiger partial charge on any atom is -0.465 e. The van der Waals surface area contributed by atoms with Crippen LogP contribution in [0, 0.1) is 12.8 Å². The van der Waals surface area contributed by atoms with Gasteiger partial charge in [0.25, 0.3) is 0 Å². The Morgan fingerprint density at radius 1 is 1.45 bits per heavy atom. The second-order valence-corrected chi connectivity index (χ2v) is 6.74. The van der Waals surface area contributed by atoms with Gasteiger partial charge < -0.3 is 4.74 Å². The highest BCUT2D eigenvalue weighted by molar-refractivity contribution is 7.86. The molecule has 1 aromatic carbocycles. The van der Waals surface area contributed by atoms with Crippen molar-refractivity contribution in [2.45, 2.75) is 30.7 Å². The molecular weight excluding hydrogens is 306 g/mol. The lowest BCUT2D eigenvalue weighted by Gasteiger charge is -2.16. The summed E-state index contributed by atoms with van der Waals surface area (Å²) in [5, 5.41) is 0. The molecule has 0 bridgehead atoms. The van der Waals surface area contributed by atoms with Crippen molar-refractivity contribution in [1.29, 1.82) is 0 Å². The zero-order valence-corrected chi connectivity index (χ0v) is 13.4. The Balaban J connectivity index is 2.11. The second-order valence-electron chi connectivity index (χ2n) is 5.19. The van der Waals surface area contributed by atoms with Crippen LogP contribution in [0.1, 0.15) is 18.9 Å². The zero-order chi connectivity index (χ0) is 16.4. The average Bonchev–Trinajstić information content (AvgIpc) is 3.21. The SMILES string of the molecule is C=C[C@@H]1C[C@]1(NOS(=O)(=O)c1ccc(C)cc1)C(=O)OCC. The van der Waals surface area contributed by atoms with E-state index >= 15 is 0 Å². The molecule has 1 aromatic rings. The van der Waals surface area contributed by atoms with Crippen molar-refractivity contribution in [1.82, 2.24) is 5.48 Å². The summed E-state index contributed by atoms with van der Waals surface area (Å²) in [6, 6.07) is 6.23. The first-order valence-electron chi connectivity index (χ1n) is 6.93. The van der Waals surface area contributed by atoms with E-state index in [1.165, 1.54) is 12.1 Å². The maximum absolute atomic E-state index is 12.1. The van der Waals surface area contributed by atoms with E-state index < -0.39 is 21.6 Å². The monoisotopic (exact) mass is 325 g/mol. The standard InChI is InChI=1S/C15H19NO5S/c1-4-12-10-15(12,14(17)20-5-2)16-21-22(18,19)13-8-6-11(3)7-9-13/h4,6-9,12,16H,1,5,10H2,2-3H3/t12-,15-/m1/s1. The van der Waals surface area contributed by atoms with Crippen LogP contribution in [-0.2, 0) is 23.9 Å². The summed E-state index contributed by atoms with van der Waals surface area (Å²) in [5.41, 5.74) is 2.14. The Kier molecular flexibility index (Phi) is 4.69. The maximum atomic E-state index is 12.1. The fourth-order valence-corrected chi connectivity index (χ4v) is 2.93. The third kappa shape index (κ3) is 3.21. The summed E-state index contributed by atoms with van der Waals surface area (Å²) >= 11 is 0. The molecule has 1 N–H and O–H groups in total. The first-order chi connectivity index (χ1) is 10.4. The van der Waals surface area contributed by atoms with E-state index in [1.807, 2.05) is 6.92 Å². The fourth-order valence-electron chi connectivity index (χ4n) is 2.11. The zero-order valence-electron chi connectivity index (χ0n) is 12.5. The molecule has 120 valence electrons. The number of hydroxylamine groups is 1. The van der Waals surface area contributed by atoms with Crippen LogP contribution in [0.15, 0.2) is 41.8 Å². The number of ether oxygens (including phenoxy) is 1. The van der Waals surface area contributed by atoms with Crippen LogP contribution in [0.2, 0.25) is 0 Å². The lowest BCUT2D eigenvalue weighted by molar-refractivity contribution is -0.149. The lowest BCUT2D eigenvalue weighted by atomic mass is 10.2. The van der Waals surface area contributed by atoms with Crippen molar-refractivity contribution in [3.63, 3.8) is 0 Å². The van der Waals surface area contributed by atoms with Gasteiger partial charge in [-0.25, -0.2) is 4.79 Å². The fraction of sp³-hybridized carbons (Fsp3) is 0.400. The van der Waals surface area contributed by atoms with Crippen LogP contribution >= 0.6 is 0 Å². The number of nitrogens with one attached hydrogen (secondary N) is 1. The van der Waals surface area contributed by atoms with Crippen LogP contribution in [0.3, 0.4) is 0 Å². The van der Waals surface area contributed by atoms with Gasteiger partial charge in [-0.15, -0.1) is 6.58 Å². The number of rotatable bonds is 7. The topological polar surface area (TPSA) is 81.7 Å². The first-order valence-corrected chi connectivity index (χ1v) is 8.33. The molecule has 1 aliphatic carbocycles. The quantitative estimate of drug-likeness (QED) is 0.467. The number of carbonyl (C=O) groups excluding carboxylic acids is 1. The highest BCUT2D eigenvalue weighted by Crippen LogP contribution is 2.45. The molecule has 0 heterocycles. The van der Waals surface area contributed by atoms with E-state index in [2.05, 4.69) is 12.1 Å². The van der Waals surface area contributed by atoms with Gasteiger partial charge in [-0.1, -0.05) is 23.8 Å². The molecule has 22 heavy (non-hydrogen) atoms. The van der Waals surface area contributed by atoms with Crippen LogP contribution < -0.4 is 5.48 Å². The first kappa shape index (κ1) is 16.7. The van der Waals surface area contributed by atoms with Gasteiger partial charge in [0, 0.05) is 5.92 Å². The van der Waals surface area contributed by atoms with Crippen molar-refractivity contribution in [2.24, 2.45) is 5.92 Å². The van der Waals surface area contributed by atoms with Gasteiger partial charge in [0.1, 0.15) is 5.54 Å². The summed E-state index contributed by atoms with van der Waals surface area (Å²) < 4.78 is 34.1. The Morgan fingerprint density at radius 3 is 2.59 bits per heavy atom. The van der Waals surface area contributed by atoms with Gasteiger partial charge in [-0.05, 0) is 32.4 Å². The molecule has 0 aliphatic heterocycles. The van der Waals surface area contributed by atoms with Gasteiger partial charge in [0.15, 0.2) is 0 Å². The molecule has 0 aromatic heterocycles. The number of benzene rings is 1. The molecule has 1 aliphatic rings. The van der Waals surface area contributed by atoms with E-state index in [0.29, 0.717) is 6.42 Å². The molecular formula is C15H19NO5S. The maximum Gasteiger partial charge on any atom is 0.329 e. The number of carbonyl (C=O) groups is 1. The van der Waals surface area contributed by atoms with Gasteiger partial charge in [-0.3, -0.25) is 0 Å². The molecule has 0 amide bonds. The molecule has 0 saturated heterocycles. The summed E-state index contributed by atoms with van der Waals surface area (Å²) in [4.78, 5) is 12.0. The number of hydrogen-bond acceptors (Lipinski definition) is 6. The van der Waals surface area contributed by atoms with Crippen molar-refractivity contribution in [2.75, 3.05) is 6.61 Å². The van der Waals surface area contributed by atoms with Gasteiger partial charge in [-0.2, -0.15) is 18.2 Å². The molecule has 0 unspecified atom stereocenters. The molecule has 7 heteroatoms. The molecule has 1 saturated carbocycles. The highest BCUT2D eigenvalue weighted by atomic mass is 32.2. The summed E-state index contributed by atoms with van der Waals surface area (Å²) in [5.74, 6) is -0.765. The predicted octanol–water partition coefficient (Wildman–Crippen LogP) is 1.71. The Labute approximate surface area is 130 Å². The van der Waals surface area contributed by atoms with Crippen molar-refractivity contribution in [3.8, 4) is 0 Å². The molecule has 6 nitrogen and oxygen atoms in total. The van der Waals surface area contributed by atoms with Gasteiger partial charge in [0.05, 0.1) is 11.5 Å². The summed E-state index contributed by atoms with van der Waals surface area (Å²) in [7, 11) is -4.00. The molecule has 2 atom stereocenters. The largest absolute Gasteiger partial charge is 0.465 e. The highest BCUT2D eigenvalue weighted by Gasteiger charge is 2.61. The number of esters is 1.